The number of likely N-dealkylation sites (tertiary alicyclic amines) is 1. The fourth-order valence-corrected chi connectivity index (χ4v) is 7.07. The van der Waals surface area contributed by atoms with Gasteiger partial charge in [0.05, 0.1) is 0 Å². The van der Waals surface area contributed by atoms with Crippen LogP contribution in [-0.4, -0.2) is 54.4 Å². The summed E-state index contributed by atoms with van der Waals surface area (Å²) in [7, 11) is 0. The van der Waals surface area contributed by atoms with Crippen molar-refractivity contribution in [1.29, 1.82) is 0 Å². The van der Waals surface area contributed by atoms with E-state index in [0.717, 1.165) is 68.6 Å². The van der Waals surface area contributed by atoms with E-state index in [-0.39, 0.29) is 28.7 Å². The highest BCUT2D eigenvalue weighted by atomic mass is 16.5. The van der Waals surface area contributed by atoms with Crippen LogP contribution in [0.2, 0.25) is 0 Å². The topological polar surface area (TPSA) is 102 Å². The van der Waals surface area contributed by atoms with Gasteiger partial charge in [-0.15, -0.1) is 0 Å². The number of unbranched alkanes of at least 4 members (excludes halogenated alkanes) is 1. The van der Waals surface area contributed by atoms with Crippen LogP contribution in [0.5, 0.6) is 11.5 Å². The third-order valence-electron chi connectivity index (χ3n) is 9.50. The summed E-state index contributed by atoms with van der Waals surface area (Å²) in [5.74, 6) is 1.44. The van der Waals surface area contributed by atoms with E-state index in [1.54, 1.807) is 6.07 Å². The van der Waals surface area contributed by atoms with Crippen molar-refractivity contribution >= 4 is 11.8 Å². The Balaban J connectivity index is 0.00000137. The van der Waals surface area contributed by atoms with Gasteiger partial charge in [0.15, 0.2) is 0 Å². The Bertz CT molecular complexity index is 1650. The van der Waals surface area contributed by atoms with Crippen LogP contribution in [0.1, 0.15) is 116 Å². The van der Waals surface area contributed by atoms with Gasteiger partial charge in [0.25, 0.3) is 5.91 Å². The van der Waals surface area contributed by atoms with Crippen LogP contribution >= 0.6 is 0 Å². The molecule has 0 aromatic heterocycles. The first-order chi connectivity index (χ1) is 25.7. The van der Waals surface area contributed by atoms with Crippen LogP contribution in [0.15, 0.2) is 103 Å². The third-order valence-corrected chi connectivity index (χ3v) is 9.50. The van der Waals surface area contributed by atoms with Crippen molar-refractivity contribution in [2.24, 2.45) is 5.41 Å². The lowest BCUT2D eigenvalue weighted by Crippen LogP contribution is -2.47. The minimum absolute atomic E-state index is 0. The van der Waals surface area contributed by atoms with E-state index in [9.17, 15) is 9.59 Å². The van der Waals surface area contributed by atoms with Gasteiger partial charge in [-0.1, -0.05) is 142 Å². The van der Waals surface area contributed by atoms with Crippen LogP contribution in [0, 0.1) is 5.41 Å². The van der Waals surface area contributed by atoms with Gasteiger partial charge >= 0.3 is 0 Å². The number of nitrogens with one attached hydrogen (secondary N) is 2. The van der Waals surface area contributed by atoms with Gasteiger partial charge in [0, 0.05) is 31.2 Å². The molecule has 2 aliphatic rings. The molecule has 7 heteroatoms. The summed E-state index contributed by atoms with van der Waals surface area (Å²) < 4.78 is 5.92. The lowest BCUT2D eigenvalue weighted by atomic mass is 9.73. The van der Waals surface area contributed by atoms with Crippen molar-refractivity contribution in [2.75, 3.05) is 26.2 Å². The predicted octanol–water partition coefficient (Wildman–Crippen LogP) is 10.2. The van der Waals surface area contributed by atoms with E-state index in [1.165, 1.54) is 11.1 Å². The minimum atomic E-state index is -0.681. The SMILES string of the molecule is CC.CC.CC.CC(C)(C)CNC(=O)C1(CCCCN2CCC(NC(=O)c3cccc(Oc4ccccc4)c3)CC2)c2ccccc2-c2ccccc21.O. The van der Waals surface area contributed by atoms with Crippen LogP contribution in [0.25, 0.3) is 11.1 Å². The molecule has 294 valence electrons. The molecule has 2 amide bonds. The molecule has 0 saturated carbocycles. The Morgan fingerprint density at radius 1 is 0.722 bits per heavy atom. The molecule has 0 unspecified atom stereocenters. The smallest absolute Gasteiger partial charge is 0.251 e. The zero-order valence-corrected chi connectivity index (χ0v) is 34.4. The molecule has 1 aliphatic heterocycles. The molecule has 1 aliphatic carbocycles. The third kappa shape index (κ3) is 11.8. The average Bonchev–Trinajstić information content (AvgIpc) is 3.49. The highest BCUT2D eigenvalue weighted by Gasteiger charge is 2.48. The summed E-state index contributed by atoms with van der Waals surface area (Å²) in [6.45, 7) is 22.0. The number of para-hydroxylation sites is 1. The lowest BCUT2D eigenvalue weighted by molar-refractivity contribution is -0.126. The van der Waals surface area contributed by atoms with Gasteiger partial charge < -0.3 is 25.7 Å². The first-order valence-corrected chi connectivity index (χ1v) is 20.1. The summed E-state index contributed by atoms with van der Waals surface area (Å²) in [6.07, 6.45) is 4.59. The van der Waals surface area contributed by atoms with Crippen LogP contribution in [0.4, 0.5) is 0 Å². The van der Waals surface area contributed by atoms with Gasteiger partial charge in [-0.2, -0.15) is 0 Å². The quantitative estimate of drug-likeness (QED) is 0.150. The second-order valence-corrected chi connectivity index (χ2v) is 14.2. The molecular weight excluding hydrogens is 671 g/mol. The zero-order chi connectivity index (χ0) is 38.9. The van der Waals surface area contributed by atoms with E-state index in [1.807, 2.05) is 90.1 Å². The number of hydrogen-bond donors (Lipinski definition) is 2. The Morgan fingerprint density at radius 3 is 1.83 bits per heavy atom. The number of rotatable bonds is 11. The molecule has 6 rings (SSSR count). The van der Waals surface area contributed by atoms with E-state index < -0.39 is 5.41 Å². The average molecular weight is 738 g/mol. The fraction of sp³-hybridized carbons (Fsp3) is 0.447. The van der Waals surface area contributed by atoms with Crippen molar-refractivity contribution in [3.05, 3.63) is 120 Å². The summed E-state index contributed by atoms with van der Waals surface area (Å²) >= 11 is 0. The molecule has 0 bridgehead atoms. The normalized spacial score (nSPS) is 14.1. The maximum Gasteiger partial charge on any atom is 0.251 e. The molecule has 4 aromatic rings. The number of fused-ring (bicyclic) bond motifs is 3. The van der Waals surface area contributed by atoms with Crippen LogP contribution < -0.4 is 15.4 Å². The number of hydrogen-bond acceptors (Lipinski definition) is 4. The van der Waals surface area contributed by atoms with Crippen molar-refractivity contribution in [2.45, 2.75) is 106 Å². The molecule has 0 radical (unpaired) electrons. The number of carbonyl (C=O) groups excluding carboxylic acids is 2. The van der Waals surface area contributed by atoms with Gasteiger partial charge in [-0.3, -0.25) is 9.59 Å². The largest absolute Gasteiger partial charge is 0.457 e. The molecular formula is C47H67N3O4. The standard InChI is InChI=1S/C41H47N3O3.3C2H6.H2O/c1-40(2,3)29-42-39(46)41(36-20-9-7-18-34(36)35-19-8-10-21-37(35)41)24-11-12-25-44-26-22-31(23-27-44)43-38(45)30-14-13-17-33(28-30)47-32-15-5-4-6-16-32;3*1-2;/h4-10,13-21,28,31H,11-12,22-27,29H2,1-3H3,(H,42,46)(H,43,45);3*1-2H3;1H2. The molecule has 4 N–H and O–H groups in total. The predicted molar refractivity (Wildman–Crippen MR) is 227 cm³/mol. The number of piperidine rings is 1. The van der Waals surface area contributed by atoms with Gasteiger partial charge in [-0.05, 0) is 90.2 Å². The maximum absolute atomic E-state index is 14.2. The first-order valence-electron chi connectivity index (χ1n) is 20.1. The van der Waals surface area contributed by atoms with E-state index >= 15 is 0 Å². The number of amides is 2. The van der Waals surface area contributed by atoms with Gasteiger partial charge in [0.2, 0.25) is 5.91 Å². The summed E-state index contributed by atoms with van der Waals surface area (Å²) in [6, 6.07) is 34.0. The molecule has 0 atom stereocenters. The summed E-state index contributed by atoms with van der Waals surface area (Å²) in [5.41, 5.74) is 4.53. The van der Waals surface area contributed by atoms with Crippen LogP contribution in [-0.2, 0) is 10.2 Å². The van der Waals surface area contributed by atoms with E-state index in [2.05, 4.69) is 84.8 Å². The van der Waals surface area contributed by atoms with Crippen LogP contribution in [0.3, 0.4) is 0 Å². The molecule has 1 fully saturated rings. The molecule has 7 nitrogen and oxygen atoms in total. The minimum Gasteiger partial charge on any atom is -0.457 e. The fourth-order valence-electron chi connectivity index (χ4n) is 7.07. The molecule has 1 saturated heterocycles. The second kappa shape index (κ2) is 22.7. The Hall–Kier alpha value is -4.46. The Labute approximate surface area is 326 Å². The Morgan fingerprint density at radius 2 is 1.26 bits per heavy atom. The van der Waals surface area contributed by atoms with Crippen molar-refractivity contribution in [3.8, 4) is 22.6 Å². The maximum atomic E-state index is 14.2. The number of ether oxygens (including phenoxy) is 1. The number of nitrogens with zero attached hydrogens (tertiary/aromatic N) is 1. The first kappa shape index (κ1) is 45.7. The van der Waals surface area contributed by atoms with E-state index in [0.29, 0.717) is 17.9 Å². The lowest BCUT2D eigenvalue weighted by Gasteiger charge is -2.34. The van der Waals surface area contributed by atoms with Crippen molar-refractivity contribution in [3.63, 3.8) is 0 Å². The molecule has 1 heterocycles. The zero-order valence-electron chi connectivity index (χ0n) is 34.4. The summed E-state index contributed by atoms with van der Waals surface area (Å²) in [4.78, 5) is 29.8. The number of carbonyl (C=O) groups is 2. The number of benzene rings is 4. The van der Waals surface area contributed by atoms with Crippen molar-refractivity contribution < 1.29 is 19.8 Å². The summed E-state index contributed by atoms with van der Waals surface area (Å²) in [5, 5.41) is 6.58. The molecule has 0 spiro atoms. The van der Waals surface area contributed by atoms with Gasteiger partial charge in [0.1, 0.15) is 16.9 Å². The van der Waals surface area contributed by atoms with E-state index in [4.69, 9.17) is 4.74 Å². The second-order valence-electron chi connectivity index (χ2n) is 14.2. The Kier molecular flexibility index (Phi) is 19.2. The highest BCUT2D eigenvalue weighted by molar-refractivity contribution is 6.00. The van der Waals surface area contributed by atoms with Crippen molar-refractivity contribution in [1.82, 2.24) is 15.5 Å². The monoisotopic (exact) mass is 738 g/mol. The van der Waals surface area contributed by atoms with Gasteiger partial charge in [-0.25, -0.2) is 0 Å². The highest BCUT2D eigenvalue weighted by Crippen LogP contribution is 2.51. The molecule has 54 heavy (non-hydrogen) atoms. The molecule has 4 aromatic carbocycles.